The quantitative estimate of drug-likeness (QED) is 0.655. The van der Waals surface area contributed by atoms with Crippen LogP contribution in [0.5, 0.6) is 0 Å². The van der Waals surface area contributed by atoms with Crippen LogP contribution < -0.4 is 0 Å². The zero-order valence-corrected chi connectivity index (χ0v) is 19.1. The lowest BCUT2D eigenvalue weighted by Gasteiger charge is -2.35. The standard InChI is InChI=1S/C24H28F2N4O4/c1-14-10-20-18(11-17(14)24(32)29-6-2-16(3-7-29)34-13-21(25)26)22-19(23(31)28-20)12-27-30(22)15-4-8-33-9-5-15/h10-12,15-17,21H,2-9,13H2,1H3. The highest BCUT2D eigenvalue weighted by Gasteiger charge is 2.36. The monoisotopic (exact) mass is 474 g/mol. The van der Waals surface area contributed by atoms with E-state index in [4.69, 9.17) is 9.47 Å². The summed E-state index contributed by atoms with van der Waals surface area (Å²) < 4.78 is 37.5. The van der Waals surface area contributed by atoms with Crippen molar-refractivity contribution in [3.63, 3.8) is 0 Å². The first kappa shape index (κ1) is 23.0. The Hall–Kier alpha value is -2.72. The van der Waals surface area contributed by atoms with Crippen molar-refractivity contribution >= 4 is 23.1 Å². The molecule has 8 nitrogen and oxygen atoms in total. The molecular formula is C24H28F2N4O4. The molecule has 34 heavy (non-hydrogen) atoms. The predicted molar refractivity (Wildman–Crippen MR) is 120 cm³/mol. The highest BCUT2D eigenvalue weighted by atomic mass is 19.3. The summed E-state index contributed by atoms with van der Waals surface area (Å²) in [5, 5.41) is 4.52. The molecule has 2 fully saturated rings. The van der Waals surface area contributed by atoms with Crippen LogP contribution in [0.15, 0.2) is 28.9 Å². The van der Waals surface area contributed by atoms with Gasteiger partial charge in [-0.15, -0.1) is 0 Å². The number of carbonyl (C=O) groups excluding carboxylic acids is 2. The fourth-order valence-electron chi connectivity index (χ4n) is 5.14. The summed E-state index contributed by atoms with van der Waals surface area (Å²) in [6, 6.07) is 0.124. The van der Waals surface area contributed by atoms with Crippen LogP contribution in [0.1, 0.15) is 54.7 Å². The summed E-state index contributed by atoms with van der Waals surface area (Å²) in [5.41, 5.74) is 3.32. The summed E-state index contributed by atoms with van der Waals surface area (Å²) in [6.45, 7) is 3.51. The van der Waals surface area contributed by atoms with Gasteiger partial charge in [0, 0.05) is 31.9 Å². The van der Waals surface area contributed by atoms with Gasteiger partial charge in [0.25, 0.3) is 12.3 Å². The molecule has 2 amide bonds. The van der Waals surface area contributed by atoms with E-state index in [0.29, 0.717) is 50.4 Å². The Morgan fingerprint density at radius 2 is 1.97 bits per heavy atom. The number of hydrogen-bond acceptors (Lipinski definition) is 5. The van der Waals surface area contributed by atoms with Crippen LogP contribution in [-0.4, -0.2) is 77.6 Å². The molecule has 1 unspecified atom stereocenters. The summed E-state index contributed by atoms with van der Waals surface area (Å²) >= 11 is 0. The van der Waals surface area contributed by atoms with Crippen LogP contribution in [0.25, 0.3) is 5.57 Å². The van der Waals surface area contributed by atoms with E-state index in [2.05, 4.69) is 10.1 Å². The number of fused-ring (bicyclic) bond motifs is 3. The Labute approximate surface area is 196 Å². The first-order valence-corrected chi connectivity index (χ1v) is 11.8. The zero-order chi connectivity index (χ0) is 23.8. The van der Waals surface area contributed by atoms with Gasteiger partial charge in [-0.1, -0.05) is 11.6 Å². The van der Waals surface area contributed by atoms with Gasteiger partial charge in [0.1, 0.15) is 6.61 Å². The first-order chi connectivity index (χ1) is 16.4. The van der Waals surface area contributed by atoms with Gasteiger partial charge in [-0.2, -0.15) is 5.10 Å². The summed E-state index contributed by atoms with van der Waals surface area (Å²) in [5.74, 6) is -0.838. The van der Waals surface area contributed by atoms with Crippen molar-refractivity contribution in [2.45, 2.75) is 51.2 Å². The smallest absolute Gasteiger partial charge is 0.281 e. The number of nitrogens with zero attached hydrogens (tertiary/aromatic N) is 4. The van der Waals surface area contributed by atoms with Gasteiger partial charge < -0.3 is 14.4 Å². The van der Waals surface area contributed by atoms with E-state index < -0.39 is 19.0 Å². The number of carbonyl (C=O) groups is 2. The predicted octanol–water partition coefficient (Wildman–Crippen LogP) is 3.06. The van der Waals surface area contributed by atoms with Crippen molar-refractivity contribution in [3.8, 4) is 0 Å². The number of aliphatic imine (C=N–C) groups is 1. The lowest BCUT2D eigenvalue weighted by atomic mass is 9.84. The number of allylic oxidation sites excluding steroid dienone is 2. The lowest BCUT2D eigenvalue weighted by Crippen LogP contribution is -2.44. The molecule has 4 aliphatic rings. The molecule has 0 saturated carbocycles. The van der Waals surface area contributed by atoms with Crippen LogP contribution in [-0.2, 0) is 14.3 Å². The van der Waals surface area contributed by atoms with Crippen LogP contribution in [0.2, 0.25) is 0 Å². The minimum absolute atomic E-state index is 0.0387. The zero-order valence-electron chi connectivity index (χ0n) is 19.1. The number of ether oxygens (including phenoxy) is 2. The number of halogens is 2. The van der Waals surface area contributed by atoms with Gasteiger partial charge >= 0.3 is 0 Å². The van der Waals surface area contributed by atoms with Crippen LogP contribution in [0.4, 0.5) is 8.78 Å². The lowest BCUT2D eigenvalue weighted by molar-refractivity contribution is -0.136. The molecule has 0 bridgehead atoms. The highest BCUT2D eigenvalue weighted by molar-refractivity contribution is 6.36. The SMILES string of the molecule is CC1=CC2=NC(=O)c3cnn(C4CCOCC4)c3C2=CC1C(=O)N1CCC(OCC(F)F)CC1. The van der Waals surface area contributed by atoms with Crippen LogP contribution in [0.3, 0.4) is 0 Å². The average molecular weight is 475 g/mol. The maximum atomic E-state index is 13.4. The largest absolute Gasteiger partial charge is 0.381 e. The van der Waals surface area contributed by atoms with E-state index in [1.807, 2.05) is 23.8 Å². The van der Waals surface area contributed by atoms with Crippen LogP contribution in [0, 0.1) is 5.92 Å². The van der Waals surface area contributed by atoms with Gasteiger partial charge in [0.15, 0.2) is 0 Å². The van der Waals surface area contributed by atoms with Crippen molar-refractivity contribution in [1.82, 2.24) is 14.7 Å². The molecule has 0 spiro atoms. The molecule has 1 atom stereocenters. The highest BCUT2D eigenvalue weighted by Crippen LogP contribution is 2.37. The molecule has 0 radical (unpaired) electrons. The Balaban J connectivity index is 1.38. The Morgan fingerprint density at radius 1 is 1.24 bits per heavy atom. The minimum atomic E-state index is -2.49. The van der Waals surface area contributed by atoms with Crippen molar-refractivity contribution in [1.29, 1.82) is 0 Å². The maximum Gasteiger partial charge on any atom is 0.281 e. The number of rotatable bonds is 5. The normalized spacial score (nSPS) is 23.9. The third-order valence-electron chi connectivity index (χ3n) is 6.98. The molecule has 1 aromatic heterocycles. The van der Waals surface area contributed by atoms with E-state index >= 15 is 0 Å². The fraction of sp³-hybridized carbons (Fsp3) is 0.583. The number of amides is 2. The third kappa shape index (κ3) is 4.36. The van der Waals surface area contributed by atoms with Gasteiger partial charge in [0.05, 0.1) is 41.2 Å². The molecule has 5 rings (SSSR count). The molecule has 3 aliphatic heterocycles. The third-order valence-corrected chi connectivity index (χ3v) is 6.98. The summed E-state index contributed by atoms with van der Waals surface area (Å²) in [4.78, 5) is 32.2. The van der Waals surface area contributed by atoms with Crippen LogP contribution >= 0.6 is 0 Å². The van der Waals surface area contributed by atoms with Crippen molar-refractivity contribution in [2.24, 2.45) is 10.9 Å². The second kappa shape index (κ2) is 9.50. The molecule has 10 heteroatoms. The first-order valence-electron chi connectivity index (χ1n) is 11.8. The van der Waals surface area contributed by atoms with Gasteiger partial charge in [-0.25, -0.2) is 13.8 Å². The maximum absolute atomic E-state index is 13.4. The summed E-state index contributed by atoms with van der Waals surface area (Å²) in [6.07, 6.45) is 5.23. The van der Waals surface area contributed by atoms with E-state index in [1.165, 1.54) is 0 Å². The van der Waals surface area contributed by atoms with Gasteiger partial charge in [-0.3, -0.25) is 14.3 Å². The van der Waals surface area contributed by atoms with E-state index in [9.17, 15) is 18.4 Å². The van der Waals surface area contributed by atoms with Crippen molar-refractivity contribution < 1.29 is 27.8 Å². The second-order valence-electron chi connectivity index (χ2n) is 9.19. The van der Waals surface area contributed by atoms with Crippen molar-refractivity contribution in [2.75, 3.05) is 32.9 Å². The topological polar surface area (TPSA) is 86.0 Å². The molecule has 0 N–H and O–H groups in total. The molecular weight excluding hydrogens is 446 g/mol. The molecule has 2 saturated heterocycles. The molecule has 182 valence electrons. The Morgan fingerprint density at radius 3 is 2.68 bits per heavy atom. The molecule has 0 aromatic carbocycles. The van der Waals surface area contributed by atoms with Gasteiger partial charge in [-0.05, 0) is 38.7 Å². The van der Waals surface area contributed by atoms with E-state index in [-0.39, 0.29) is 24.0 Å². The Bertz CT molecular complexity index is 1060. The summed E-state index contributed by atoms with van der Waals surface area (Å²) in [7, 11) is 0. The van der Waals surface area contributed by atoms with Gasteiger partial charge in [0.2, 0.25) is 5.91 Å². The number of piperidine rings is 1. The second-order valence-corrected chi connectivity index (χ2v) is 9.19. The fourth-order valence-corrected chi connectivity index (χ4v) is 5.14. The molecule has 1 aliphatic carbocycles. The molecule has 1 aromatic rings. The van der Waals surface area contributed by atoms with Crippen molar-refractivity contribution in [3.05, 3.63) is 35.2 Å². The number of aromatic nitrogens is 2. The molecule has 4 heterocycles. The average Bonchev–Trinajstić information content (AvgIpc) is 3.29. The number of hydrogen-bond donors (Lipinski definition) is 0. The van der Waals surface area contributed by atoms with E-state index in [1.54, 1.807) is 11.1 Å². The Kier molecular flexibility index (Phi) is 6.44. The number of likely N-dealkylation sites (tertiary alicyclic amines) is 1. The minimum Gasteiger partial charge on any atom is -0.381 e. The van der Waals surface area contributed by atoms with E-state index in [0.717, 1.165) is 29.7 Å². The number of alkyl halides is 2.